The van der Waals surface area contributed by atoms with Crippen molar-refractivity contribution in [2.45, 2.75) is 32.6 Å². The van der Waals surface area contributed by atoms with Gasteiger partial charge in [0.05, 0.1) is 12.2 Å². The quantitative estimate of drug-likeness (QED) is 0.715. The third-order valence-corrected chi connectivity index (χ3v) is 4.42. The first kappa shape index (κ1) is 16.2. The number of hydrogen-bond acceptors (Lipinski definition) is 4. The molecule has 130 valence electrons. The SMILES string of the molecule is C[C@@H]1CN(Cc2ccc3oc(-c4cccc(F)c4)nc3c2)C[C@@H](C)O1. The molecule has 0 N–H and O–H groups in total. The van der Waals surface area contributed by atoms with Gasteiger partial charge in [0.25, 0.3) is 0 Å². The minimum Gasteiger partial charge on any atom is -0.436 e. The Morgan fingerprint density at radius 1 is 1.12 bits per heavy atom. The van der Waals surface area contributed by atoms with Gasteiger partial charge >= 0.3 is 0 Å². The van der Waals surface area contributed by atoms with Gasteiger partial charge in [-0.25, -0.2) is 9.37 Å². The number of rotatable bonds is 3. The van der Waals surface area contributed by atoms with Crippen LogP contribution in [-0.2, 0) is 11.3 Å². The number of morpholine rings is 1. The normalized spacial score (nSPS) is 21.7. The van der Waals surface area contributed by atoms with E-state index in [1.165, 1.54) is 17.7 Å². The van der Waals surface area contributed by atoms with Gasteiger partial charge in [0.2, 0.25) is 5.89 Å². The lowest BCUT2D eigenvalue weighted by Crippen LogP contribution is -2.44. The molecule has 5 heteroatoms. The van der Waals surface area contributed by atoms with Crippen LogP contribution in [0, 0.1) is 5.82 Å². The Hall–Kier alpha value is -2.24. The monoisotopic (exact) mass is 340 g/mol. The van der Waals surface area contributed by atoms with E-state index >= 15 is 0 Å². The Morgan fingerprint density at radius 3 is 2.68 bits per heavy atom. The van der Waals surface area contributed by atoms with Crippen molar-refractivity contribution >= 4 is 11.1 Å². The fraction of sp³-hybridized carbons (Fsp3) is 0.350. The highest BCUT2D eigenvalue weighted by atomic mass is 19.1. The van der Waals surface area contributed by atoms with Crippen molar-refractivity contribution in [1.82, 2.24) is 9.88 Å². The predicted octanol–water partition coefficient (Wildman–Crippen LogP) is 4.24. The number of fused-ring (bicyclic) bond motifs is 1. The summed E-state index contributed by atoms with van der Waals surface area (Å²) in [6.07, 6.45) is 0.498. The zero-order chi connectivity index (χ0) is 17.4. The molecule has 1 saturated heterocycles. The lowest BCUT2D eigenvalue weighted by atomic mass is 10.1. The number of ether oxygens (including phenoxy) is 1. The highest BCUT2D eigenvalue weighted by molar-refractivity contribution is 5.76. The van der Waals surface area contributed by atoms with Gasteiger partial charge in [-0.2, -0.15) is 0 Å². The van der Waals surface area contributed by atoms with Gasteiger partial charge in [-0.15, -0.1) is 0 Å². The van der Waals surface area contributed by atoms with Gasteiger partial charge < -0.3 is 9.15 Å². The highest BCUT2D eigenvalue weighted by Crippen LogP contribution is 2.26. The summed E-state index contributed by atoms with van der Waals surface area (Å²) in [5.41, 5.74) is 3.35. The third-order valence-electron chi connectivity index (χ3n) is 4.42. The molecular formula is C20H21FN2O2. The van der Waals surface area contributed by atoms with Crippen molar-refractivity contribution in [2.75, 3.05) is 13.1 Å². The maximum atomic E-state index is 13.4. The van der Waals surface area contributed by atoms with Crippen LogP contribution in [0.3, 0.4) is 0 Å². The Morgan fingerprint density at radius 2 is 1.92 bits per heavy atom. The van der Waals surface area contributed by atoms with Crippen LogP contribution in [0.2, 0.25) is 0 Å². The summed E-state index contributed by atoms with van der Waals surface area (Å²) < 4.78 is 25.0. The molecule has 0 radical (unpaired) electrons. The average molecular weight is 340 g/mol. The zero-order valence-electron chi connectivity index (χ0n) is 14.4. The van der Waals surface area contributed by atoms with Gasteiger partial charge in [0, 0.05) is 25.2 Å². The van der Waals surface area contributed by atoms with Crippen LogP contribution >= 0.6 is 0 Å². The van der Waals surface area contributed by atoms with E-state index in [4.69, 9.17) is 9.15 Å². The Kier molecular flexibility index (Phi) is 4.27. The van der Waals surface area contributed by atoms with Crippen LogP contribution in [0.5, 0.6) is 0 Å². The van der Waals surface area contributed by atoms with Gasteiger partial charge in [-0.3, -0.25) is 4.90 Å². The molecule has 0 spiro atoms. The molecule has 2 heterocycles. The summed E-state index contributed by atoms with van der Waals surface area (Å²) >= 11 is 0. The first-order chi connectivity index (χ1) is 12.1. The number of hydrogen-bond donors (Lipinski definition) is 0. The first-order valence-electron chi connectivity index (χ1n) is 8.60. The molecule has 0 amide bonds. The van der Waals surface area contributed by atoms with E-state index in [1.54, 1.807) is 12.1 Å². The zero-order valence-corrected chi connectivity index (χ0v) is 14.4. The molecule has 0 bridgehead atoms. The van der Waals surface area contributed by atoms with Crippen molar-refractivity contribution in [3.8, 4) is 11.5 Å². The molecule has 0 saturated carbocycles. The smallest absolute Gasteiger partial charge is 0.227 e. The molecule has 4 rings (SSSR count). The molecule has 1 fully saturated rings. The van der Waals surface area contributed by atoms with E-state index in [9.17, 15) is 4.39 Å². The number of oxazole rings is 1. The largest absolute Gasteiger partial charge is 0.436 e. The van der Waals surface area contributed by atoms with E-state index in [0.717, 1.165) is 25.2 Å². The molecule has 0 aliphatic carbocycles. The van der Waals surface area contributed by atoms with Crippen molar-refractivity contribution in [2.24, 2.45) is 0 Å². The van der Waals surface area contributed by atoms with E-state index in [2.05, 4.69) is 29.8 Å². The van der Waals surface area contributed by atoms with Crippen LogP contribution in [0.15, 0.2) is 46.9 Å². The molecular weight excluding hydrogens is 319 g/mol. The van der Waals surface area contributed by atoms with Crippen molar-refractivity contribution < 1.29 is 13.5 Å². The van der Waals surface area contributed by atoms with Crippen LogP contribution in [0.1, 0.15) is 19.4 Å². The van der Waals surface area contributed by atoms with Crippen LogP contribution < -0.4 is 0 Å². The molecule has 2 aromatic carbocycles. The Labute approximate surface area is 146 Å². The topological polar surface area (TPSA) is 38.5 Å². The fourth-order valence-electron chi connectivity index (χ4n) is 3.49. The Balaban J connectivity index is 1.58. The Bertz CT molecular complexity index is 882. The number of nitrogens with zero attached hydrogens (tertiary/aromatic N) is 2. The second-order valence-electron chi connectivity index (χ2n) is 6.78. The van der Waals surface area contributed by atoms with Crippen molar-refractivity contribution in [3.05, 3.63) is 53.8 Å². The lowest BCUT2D eigenvalue weighted by molar-refractivity contribution is -0.0704. The number of aromatic nitrogens is 1. The summed E-state index contributed by atoms with van der Waals surface area (Å²) in [6.45, 7) is 6.92. The van der Waals surface area contributed by atoms with E-state index in [1.807, 2.05) is 12.1 Å². The number of halogens is 1. The molecule has 2 atom stereocenters. The molecule has 3 aromatic rings. The molecule has 4 nitrogen and oxygen atoms in total. The van der Waals surface area contributed by atoms with Crippen molar-refractivity contribution in [3.63, 3.8) is 0 Å². The van der Waals surface area contributed by atoms with Gasteiger partial charge in [-0.1, -0.05) is 12.1 Å². The first-order valence-corrected chi connectivity index (χ1v) is 8.60. The summed E-state index contributed by atoms with van der Waals surface area (Å²) in [4.78, 5) is 6.93. The second-order valence-corrected chi connectivity index (χ2v) is 6.78. The maximum Gasteiger partial charge on any atom is 0.227 e. The summed E-state index contributed by atoms with van der Waals surface area (Å²) in [5.74, 6) is 0.149. The fourth-order valence-corrected chi connectivity index (χ4v) is 3.49. The molecule has 1 aliphatic rings. The summed E-state index contributed by atoms with van der Waals surface area (Å²) in [5, 5.41) is 0. The molecule has 0 unspecified atom stereocenters. The minimum absolute atomic E-state index is 0.249. The van der Waals surface area contributed by atoms with Gasteiger partial charge in [-0.05, 0) is 49.7 Å². The average Bonchev–Trinajstić information content (AvgIpc) is 2.97. The molecule has 25 heavy (non-hydrogen) atoms. The van der Waals surface area contributed by atoms with Gasteiger partial charge in [0.15, 0.2) is 5.58 Å². The van der Waals surface area contributed by atoms with Crippen molar-refractivity contribution in [1.29, 1.82) is 0 Å². The summed E-state index contributed by atoms with van der Waals surface area (Å²) in [6, 6.07) is 12.3. The minimum atomic E-state index is -0.295. The van der Waals surface area contributed by atoms with E-state index in [0.29, 0.717) is 17.0 Å². The van der Waals surface area contributed by atoms with Crippen LogP contribution in [-0.4, -0.2) is 35.2 Å². The molecule has 1 aromatic heterocycles. The number of benzene rings is 2. The lowest BCUT2D eigenvalue weighted by Gasteiger charge is -2.35. The highest BCUT2D eigenvalue weighted by Gasteiger charge is 2.22. The third kappa shape index (κ3) is 3.57. The van der Waals surface area contributed by atoms with E-state index in [-0.39, 0.29) is 18.0 Å². The van der Waals surface area contributed by atoms with Crippen LogP contribution in [0.4, 0.5) is 4.39 Å². The van der Waals surface area contributed by atoms with Gasteiger partial charge in [0.1, 0.15) is 11.3 Å². The maximum absolute atomic E-state index is 13.4. The van der Waals surface area contributed by atoms with Crippen LogP contribution in [0.25, 0.3) is 22.6 Å². The predicted molar refractivity (Wildman–Crippen MR) is 94.7 cm³/mol. The standard InChI is InChI=1S/C20H21FN2O2/c1-13-10-23(11-14(2)24-13)12-15-6-7-19-18(8-15)22-20(25-19)16-4-3-5-17(21)9-16/h3-9,13-14H,10-12H2,1-2H3/t13-,14-/m1/s1. The van der Waals surface area contributed by atoms with E-state index < -0.39 is 0 Å². The molecule has 1 aliphatic heterocycles. The summed E-state index contributed by atoms with van der Waals surface area (Å²) in [7, 11) is 0. The second kappa shape index (κ2) is 6.58.